The lowest BCUT2D eigenvalue weighted by Crippen LogP contribution is -2.59. The molecule has 1 saturated heterocycles. The largest absolute Gasteiger partial charge is 0.355 e. The van der Waals surface area contributed by atoms with Gasteiger partial charge in [0.05, 0.1) is 19.1 Å². The molecule has 1 fully saturated rings. The quantitative estimate of drug-likeness (QED) is 0.502. The van der Waals surface area contributed by atoms with E-state index in [-0.39, 0.29) is 24.4 Å². The van der Waals surface area contributed by atoms with Crippen molar-refractivity contribution in [3.05, 3.63) is 0 Å². The highest BCUT2D eigenvalue weighted by molar-refractivity contribution is 6.01. The number of hydrogen-bond donors (Lipinski definition) is 1. The smallest absolute Gasteiger partial charge is 0.243 e. The lowest BCUT2D eigenvalue weighted by Gasteiger charge is -2.34. The molecule has 0 aromatic rings. The van der Waals surface area contributed by atoms with Gasteiger partial charge < -0.3 is 9.47 Å². The van der Waals surface area contributed by atoms with E-state index in [2.05, 4.69) is 5.32 Å². The molecule has 0 aromatic heterocycles. The van der Waals surface area contributed by atoms with Gasteiger partial charge in [-0.25, -0.2) is 0 Å². The summed E-state index contributed by atoms with van der Waals surface area (Å²) in [6, 6.07) is -0.287. The van der Waals surface area contributed by atoms with E-state index >= 15 is 0 Å². The zero-order valence-corrected chi connectivity index (χ0v) is 9.86. The van der Waals surface area contributed by atoms with Gasteiger partial charge in [-0.05, 0) is 6.42 Å². The summed E-state index contributed by atoms with van der Waals surface area (Å²) in [4.78, 5) is 24.6. The monoisotopic (exact) mass is 230 g/mol. The van der Waals surface area contributed by atoms with E-state index in [9.17, 15) is 9.59 Å². The predicted molar refractivity (Wildman–Crippen MR) is 56.6 cm³/mol. The van der Waals surface area contributed by atoms with Crippen LogP contribution in [0.3, 0.4) is 0 Å². The van der Waals surface area contributed by atoms with Crippen LogP contribution in [0.5, 0.6) is 0 Å². The Kier molecular flexibility index (Phi) is 4.85. The van der Waals surface area contributed by atoms with Crippen LogP contribution in [0, 0.1) is 0 Å². The van der Waals surface area contributed by atoms with E-state index in [0.717, 1.165) is 0 Å². The lowest BCUT2D eigenvalue weighted by molar-refractivity contribution is -0.149. The molecule has 2 amide bonds. The Balaban J connectivity index is 2.66. The van der Waals surface area contributed by atoms with Crippen LogP contribution in [0.4, 0.5) is 0 Å². The van der Waals surface area contributed by atoms with Gasteiger partial charge in [-0.3, -0.25) is 19.8 Å². The molecule has 0 radical (unpaired) electrons. The zero-order chi connectivity index (χ0) is 12.1. The highest BCUT2D eigenvalue weighted by atomic mass is 16.7. The van der Waals surface area contributed by atoms with Crippen molar-refractivity contribution >= 4 is 11.8 Å². The standard InChI is InChI=1S/C10H18N2O4/c1-4-7-10(14)11-8(13)5-12(7)6-9(15-2)16-3/h7,9H,4-6H2,1-3H3,(H,11,13,14). The number of hydrogen-bond acceptors (Lipinski definition) is 5. The summed E-state index contributed by atoms with van der Waals surface area (Å²) in [6.07, 6.45) is 0.229. The summed E-state index contributed by atoms with van der Waals surface area (Å²) in [5.41, 5.74) is 0. The van der Waals surface area contributed by atoms with Gasteiger partial charge in [0.25, 0.3) is 0 Å². The number of piperazine rings is 1. The number of methoxy groups -OCH3 is 2. The molecule has 1 unspecified atom stereocenters. The van der Waals surface area contributed by atoms with E-state index in [1.54, 1.807) is 4.90 Å². The summed E-state index contributed by atoms with van der Waals surface area (Å²) >= 11 is 0. The molecule has 1 heterocycles. The van der Waals surface area contributed by atoms with Crippen LogP contribution in [0.25, 0.3) is 0 Å². The summed E-state index contributed by atoms with van der Waals surface area (Å²) in [5.74, 6) is -0.523. The molecule has 6 nitrogen and oxygen atoms in total. The average molecular weight is 230 g/mol. The maximum absolute atomic E-state index is 11.5. The molecule has 16 heavy (non-hydrogen) atoms. The topological polar surface area (TPSA) is 67.9 Å². The minimum Gasteiger partial charge on any atom is -0.355 e. The first-order valence-corrected chi connectivity index (χ1v) is 5.25. The van der Waals surface area contributed by atoms with Crippen molar-refractivity contribution in [3.8, 4) is 0 Å². The molecular weight excluding hydrogens is 212 g/mol. The van der Waals surface area contributed by atoms with Crippen molar-refractivity contribution < 1.29 is 19.1 Å². The number of amides is 2. The Hall–Kier alpha value is -0.980. The summed E-state index contributed by atoms with van der Waals surface area (Å²) in [6.45, 7) is 2.51. The molecule has 1 atom stereocenters. The van der Waals surface area contributed by atoms with Crippen molar-refractivity contribution in [3.63, 3.8) is 0 Å². The van der Waals surface area contributed by atoms with Gasteiger partial charge in [0.2, 0.25) is 11.8 Å². The van der Waals surface area contributed by atoms with Gasteiger partial charge >= 0.3 is 0 Å². The molecule has 1 rings (SSSR count). The van der Waals surface area contributed by atoms with Crippen molar-refractivity contribution in [2.75, 3.05) is 27.3 Å². The second-order valence-electron chi connectivity index (χ2n) is 3.67. The number of nitrogens with one attached hydrogen (secondary N) is 1. The van der Waals surface area contributed by atoms with Crippen LogP contribution in [-0.2, 0) is 19.1 Å². The average Bonchev–Trinajstić information content (AvgIpc) is 2.25. The number of nitrogens with zero attached hydrogens (tertiary/aromatic N) is 1. The Labute approximate surface area is 94.9 Å². The molecule has 0 aromatic carbocycles. The Morgan fingerprint density at radius 1 is 1.44 bits per heavy atom. The first-order chi connectivity index (χ1) is 7.62. The fraction of sp³-hybridized carbons (Fsp3) is 0.800. The predicted octanol–water partition coefficient (Wildman–Crippen LogP) is -0.658. The first-order valence-electron chi connectivity index (χ1n) is 5.25. The van der Waals surface area contributed by atoms with E-state index in [1.807, 2.05) is 6.92 Å². The third kappa shape index (κ3) is 3.01. The highest BCUT2D eigenvalue weighted by Gasteiger charge is 2.33. The van der Waals surface area contributed by atoms with Gasteiger partial charge in [-0.2, -0.15) is 0 Å². The van der Waals surface area contributed by atoms with Gasteiger partial charge in [0, 0.05) is 14.2 Å². The minimum atomic E-state index is -0.423. The van der Waals surface area contributed by atoms with Gasteiger partial charge in [-0.1, -0.05) is 6.92 Å². The van der Waals surface area contributed by atoms with E-state index in [4.69, 9.17) is 9.47 Å². The van der Waals surface area contributed by atoms with Crippen LogP contribution in [-0.4, -0.2) is 56.4 Å². The maximum Gasteiger partial charge on any atom is 0.243 e. The van der Waals surface area contributed by atoms with Gasteiger partial charge in [-0.15, -0.1) is 0 Å². The molecule has 1 aliphatic heterocycles. The number of ether oxygens (including phenoxy) is 2. The molecular formula is C10H18N2O4. The number of rotatable bonds is 5. The lowest BCUT2D eigenvalue weighted by atomic mass is 10.1. The number of carbonyl (C=O) groups excluding carboxylic acids is 2. The van der Waals surface area contributed by atoms with Gasteiger partial charge in [0.1, 0.15) is 0 Å². The molecule has 0 bridgehead atoms. The van der Waals surface area contributed by atoms with Crippen molar-refractivity contribution in [1.82, 2.24) is 10.2 Å². The van der Waals surface area contributed by atoms with Crippen LogP contribution in [0.15, 0.2) is 0 Å². The second-order valence-corrected chi connectivity index (χ2v) is 3.67. The third-order valence-electron chi connectivity index (χ3n) is 2.65. The number of imide groups is 1. The third-order valence-corrected chi connectivity index (χ3v) is 2.65. The fourth-order valence-electron chi connectivity index (χ4n) is 1.79. The Morgan fingerprint density at radius 2 is 2.06 bits per heavy atom. The van der Waals surface area contributed by atoms with E-state index in [0.29, 0.717) is 13.0 Å². The van der Waals surface area contributed by atoms with E-state index < -0.39 is 6.29 Å². The summed E-state index contributed by atoms with van der Waals surface area (Å²) < 4.78 is 10.1. The van der Waals surface area contributed by atoms with Crippen LogP contribution in [0.1, 0.15) is 13.3 Å². The molecule has 0 spiro atoms. The molecule has 1 aliphatic rings. The summed E-state index contributed by atoms with van der Waals surface area (Å²) in [5, 5.41) is 2.32. The Morgan fingerprint density at radius 3 is 2.56 bits per heavy atom. The van der Waals surface area contributed by atoms with Crippen molar-refractivity contribution in [2.45, 2.75) is 25.7 Å². The fourth-order valence-corrected chi connectivity index (χ4v) is 1.79. The van der Waals surface area contributed by atoms with Crippen LogP contribution in [0.2, 0.25) is 0 Å². The minimum absolute atomic E-state index is 0.202. The molecule has 92 valence electrons. The number of carbonyl (C=O) groups is 2. The molecule has 0 aliphatic carbocycles. The molecule has 1 N–H and O–H groups in total. The second kappa shape index (κ2) is 5.93. The van der Waals surface area contributed by atoms with Crippen LogP contribution >= 0.6 is 0 Å². The van der Waals surface area contributed by atoms with Gasteiger partial charge in [0.15, 0.2) is 6.29 Å². The summed E-state index contributed by atoms with van der Waals surface area (Å²) in [7, 11) is 3.06. The van der Waals surface area contributed by atoms with Crippen molar-refractivity contribution in [2.24, 2.45) is 0 Å². The highest BCUT2D eigenvalue weighted by Crippen LogP contribution is 2.10. The maximum atomic E-state index is 11.5. The molecule has 0 saturated carbocycles. The van der Waals surface area contributed by atoms with Crippen molar-refractivity contribution in [1.29, 1.82) is 0 Å². The van der Waals surface area contributed by atoms with Crippen LogP contribution < -0.4 is 5.32 Å². The van der Waals surface area contributed by atoms with E-state index in [1.165, 1.54) is 14.2 Å². The first kappa shape index (κ1) is 13.1. The zero-order valence-electron chi connectivity index (χ0n) is 9.86. The normalized spacial score (nSPS) is 22.6. The SMILES string of the molecule is CCC1C(=O)NC(=O)CN1CC(OC)OC. The Bertz CT molecular complexity index is 266. The molecule has 6 heteroatoms.